The second kappa shape index (κ2) is 5.20. The molecule has 1 aliphatic rings. The second-order valence-electron chi connectivity index (χ2n) is 4.63. The van der Waals surface area contributed by atoms with E-state index in [2.05, 4.69) is 20.2 Å². The number of aromatic nitrogens is 2. The zero-order valence-electron chi connectivity index (χ0n) is 10.5. The highest BCUT2D eigenvalue weighted by Gasteiger charge is 2.33. The van der Waals surface area contributed by atoms with Gasteiger partial charge < -0.3 is 16.0 Å². The van der Waals surface area contributed by atoms with Gasteiger partial charge in [-0.1, -0.05) is 0 Å². The molecule has 1 aromatic rings. The molecule has 1 aromatic heterocycles. The molecule has 0 saturated heterocycles. The molecule has 0 bridgehead atoms. The van der Waals surface area contributed by atoms with Gasteiger partial charge in [0, 0.05) is 25.2 Å². The number of nitrogens with zero attached hydrogens (tertiary/aromatic N) is 3. The molecule has 0 radical (unpaired) electrons. The average molecular weight is 275 g/mol. The van der Waals surface area contributed by atoms with Crippen molar-refractivity contribution in [3.8, 4) is 0 Å². The molecule has 0 aromatic carbocycles. The third kappa shape index (κ3) is 3.95. The lowest BCUT2D eigenvalue weighted by Gasteiger charge is -2.16. The molecule has 8 heteroatoms. The fourth-order valence-corrected chi connectivity index (χ4v) is 1.76. The van der Waals surface area contributed by atoms with Gasteiger partial charge in [-0.25, -0.2) is 4.98 Å². The van der Waals surface area contributed by atoms with Gasteiger partial charge in [-0.15, -0.1) is 0 Å². The Morgan fingerprint density at radius 3 is 2.68 bits per heavy atom. The fraction of sp³-hybridized carbons (Fsp3) is 0.636. The zero-order chi connectivity index (χ0) is 14.0. The molecule has 5 nitrogen and oxygen atoms in total. The number of likely N-dealkylation sites (N-methyl/N-ethyl adjacent to an activating group) is 1. The summed E-state index contributed by atoms with van der Waals surface area (Å²) in [5, 5.41) is 2.84. The highest BCUT2D eigenvalue weighted by molar-refractivity contribution is 5.41. The van der Waals surface area contributed by atoms with E-state index in [9.17, 15) is 13.2 Å². The molecule has 19 heavy (non-hydrogen) atoms. The topological polar surface area (TPSA) is 67.1 Å². The van der Waals surface area contributed by atoms with Crippen molar-refractivity contribution in [3.63, 3.8) is 0 Å². The van der Waals surface area contributed by atoms with E-state index in [0.29, 0.717) is 12.6 Å². The number of nitrogens with one attached hydrogen (secondary N) is 1. The van der Waals surface area contributed by atoms with E-state index in [1.807, 2.05) is 7.05 Å². The standard InChI is InChI=1S/C11H16F3N5/c1-19(7-2-3-7)5-4-16-9-6-8(11(12,13)14)17-10(15)18-9/h6-7H,2-5H2,1H3,(H3,15,16,17,18). The van der Waals surface area contributed by atoms with Gasteiger partial charge in [-0.2, -0.15) is 18.2 Å². The van der Waals surface area contributed by atoms with Crippen LogP contribution in [0.1, 0.15) is 18.5 Å². The molecular weight excluding hydrogens is 259 g/mol. The van der Waals surface area contributed by atoms with Crippen LogP contribution in [0.5, 0.6) is 0 Å². The molecule has 0 spiro atoms. The Morgan fingerprint density at radius 2 is 2.11 bits per heavy atom. The van der Waals surface area contributed by atoms with Crippen molar-refractivity contribution in [3.05, 3.63) is 11.8 Å². The van der Waals surface area contributed by atoms with Gasteiger partial charge in [0.15, 0.2) is 5.69 Å². The van der Waals surface area contributed by atoms with Gasteiger partial charge in [-0.05, 0) is 19.9 Å². The molecule has 0 atom stereocenters. The first-order valence-corrected chi connectivity index (χ1v) is 6.02. The maximum Gasteiger partial charge on any atom is 0.433 e. The zero-order valence-corrected chi connectivity index (χ0v) is 10.5. The van der Waals surface area contributed by atoms with Gasteiger partial charge in [0.2, 0.25) is 5.95 Å². The SMILES string of the molecule is CN(CCNc1cc(C(F)(F)F)nc(N)n1)C1CC1. The summed E-state index contributed by atoms with van der Waals surface area (Å²) in [6, 6.07) is 1.48. The smallest absolute Gasteiger partial charge is 0.369 e. The molecule has 106 valence electrons. The summed E-state index contributed by atoms with van der Waals surface area (Å²) in [5.41, 5.74) is 4.24. The normalized spacial score (nSPS) is 15.8. The summed E-state index contributed by atoms with van der Waals surface area (Å²) >= 11 is 0. The van der Waals surface area contributed by atoms with E-state index in [1.165, 1.54) is 12.8 Å². The average Bonchev–Trinajstić information content (AvgIpc) is 3.10. The van der Waals surface area contributed by atoms with Crippen LogP contribution in [0.4, 0.5) is 24.9 Å². The molecule has 0 aliphatic heterocycles. The number of hydrogen-bond donors (Lipinski definition) is 2. The van der Waals surface area contributed by atoms with Gasteiger partial charge in [0.05, 0.1) is 0 Å². The van der Waals surface area contributed by atoms with E-state index >= 15 is 0 Å². The third-order valence-electron chi connectivity index (χ3n) is 2.97. The first-order valence-electron chi connectivity index (χ1n) is 6.02. The van der Waals surface area contributed by atoms with Gasteiger partial charge in [0.1, 0.15) is 5.82 Å². The number of rotatable bonds is 5. The first-order chi connectivity index (χ1) is 8.86. The van der Waals surface area contributed by atoms with Crippen molar-refractivity contribution in [2.75, 3.05) is 31.2 Å². The number of anilines is 2. The van der Waals surface area contributed by atoms with Gasteiger partial charge in [0.25, 0.3) is 0 Å². The molecule has 1 fully saturated rings. The van der Waals surface area contributed by atoms with Crippen LogP contribution in [0, 0.1) is 0 Å². The number of alkyl halides is 3. The number of nitrogen functional groups attached to an aromatic ring is 1. The molecule has 1 aliphatic carbocycles. The second-order valence-corrected chi connectivity index (χ2v) is 4.63. The van der Waals surface area contributed by atoms with Crippen molar-refractivity contribution in [2.24, 2.45) is 0 Å². The molecule has 2 rings (SSSR count). The van der Waals surface area contributed by atoms with Crippen LogP contribution in [-0.2, 0) is 6.18 Å². The molecule has 1 heterocycles. The number of hydrogen-bond acceptors (Lipinski definition) is 5. The summed E-state index contributed by atoms with van der Waals surface area (Å²) in [6.45, 7) is 1.26. The van der Waals surface area contributed by atoms with E-state index < -0.39 is 11.9 Å². The van der Waals surface area contributed by atoms with Crippen LogP contribution in [0.3, 0.4) is 0 Å². The van der Waals surface area contributed by atoms with Crippen LogP contribution in [0.25, 0.3) is 0 Å². The van der Waals surface area contributed by atoms with Gasteiger partial charge >= 0.3 is 6.18 Å². The Kier molecular flexibility index (Phi) is 3.79. The van der Waals surface area contributed by atoms with Crippen LogP contribution < -0.4 is 11.1 Å². The minimum Gasteiger partial charge on any atom is -0.369 e. The van der Waals surface area contributed by atoms with Crippen LogP contribution in [-0.4, -0.2) is 41.0 Å². The van der Waals surface area contributed by atoms with Crippen molar-refractivity contribution < 1.29 is 13.2 Å². The van der Waals surface area contributed by atoms with E-state index in [0.717, 1.165) is 12.6 Å². The molecule has 1 saturated carbocycles. The largest absolute Gasteiger partial charge is 0.433 e. The van der Waals surface area contributed by atoms with E-state index in [4.69, 9.17) is 5.73 Å². The summed E-state index contributed by atoms with van der Waals surface area (Å²) in [5.74, 6) is -0.281. The van der Waals surface area contributed by atoms with Crippen molar-refractivity contribution in [1.82, 2.24) is 14.9 Å². The monoisotopic (exact) mass is 275 g/mol. The van der Waals surface area contributed by atoms with Gasteiger partial charge in [-0.3, -0.25) is 0 Å². The Balaban J connectivity index is 1.93. The third-order valence-corrected chi connectivity index (χ3v) is 2.97. The minimum atomic E-state index is -4.52. The predicted molar refractivity (Wildman–Crippen MR) is 65.6 cm³/mol. The minimum absolute atomic E-state index is 0.101. The van der Waals surface area contributed by atoms with Crippen LogP contribution >= 0.6 is 0 Å². The van der Waals surface area contributed by atoms with Crippen molar-refractivity contribution in [1.29, 1.82) is 0 Å². The Hall–Kier alpha value is -1.57. The lowest BCUT2D eigenvalue weighted by molar-refractivity contribution is -0.141. The lowest BCUT2D eigenvalue weighted by Crippen LogP contribution is -2.27. The highest BCUT2D eigenvalue weighted by Crippen LogP contribution is 2.29. The number of halogens is 3. The summed E-state index contributed by atoms with van der Waals surface area (Å²) in [7, 11) is 1.99. The molecule has 0 amide bonds. The maximum absolute atomic E-state index is 12.5. The maximum atomic E-state index is 12.5. The quantitative estimate of drug-likeness (QED) is 0.854. The van der Waals surface area contributed by atoms with Crippen molar-refractivity contribution >= 4 is 11.8 Å². The molecule has 0 unspecified atom stereocenters. The molecule has 3 N–H and O–H groups in total. The highest BCUT2D eigenvalue weighted by atomic mass is 19.4. The lowest BCUT2D eigenvalue weighted by atomic mass is 10.3. The molecular formula is C11H16F3N5. The van der Waals surface area contributed by atoms with Crippen LogP contribution in [0.2, 0.25) is 0 Å². The Labute approximate surface area is 109 Å². The summed E-state index contributed by atoms with van der Waals surface area (Å²) < 4.78 is 37.6. The predicted octanol–water partition coefficient (Wildman–Crippen LogP) is 1.58. The van der Waals surface area contributed by atoms with E-state index in [1.54, 1.807) is 0 Å². The Morgan fingerprint density at radius 1 is 1.42 bits per heavy atom. The first kappa shape index (κ1) is 13.9. The van der Waals surface area contributed by atoms with Crippen molar-refractivity contribution in [2.45, 2.75) is 25.1 Å². The fourth-order valence-electron chi connectivity index (χ4n) is 1.76. The Bertz CT molecular complexity index is 444. The van der Waals surface area contributed by atoms with E-state index in [-0.39, 0.29) is 11.8 Å². The number of nitrogens with two attached hydrogens (primary N) is 1. The summed E-state index contributed by atoms with van der Waals surface area (Å²) in [6.07, 6.45) is -2.14. The summed E-state index contributed by atoms with van der Waals surface area (Å²) in [4.78, 5) is 9.09. The van der Waals surface area contributed by atoms with Crippen LogP contribution in [0.15, 0.2) is 6.07 Å².